The van der Waals surface area contributed by atoms with Crippen LogP contribution in [0.5, 0.6) is 0 Å². The number of rotatable bonds is 5. The minimum Gasteiger partial charge on any atom is -0.349 e. The Bertz CT molecular complexity index is 1020. The van der Waals surface area contributed by atoms with Crippen molar-refractivity contribution in [3.63, 3.8) is 0 Å². The lowest BCUT2D eigenvalue weighted by atomic mass is 10.1. The summed E-state index contributed by atoms with van der Waals surface area (Å²) in [5.41, 5.74) is 3.54. The van der Waals surface area contributed by atoms with E-state index in [0.29, 0.717) is 23.7 Å². The molecular weight excluding hydrogens is 402 g/mol. The zero-order chi connectivity index (χ0) is 20.2. The number of carbonyl (C=O) groups excluding carboxylic acids is 2. The molecule has 1 fully saturated rings. The highest BCUT2D eigenvalue weighted by Crippen LogP contribution is 2.25. The first-order valence-corrected chi connectivity index (χ1v) is 11.4. The molecule has 1 N–H and O–H groups in total. The van der Waals surface area contributed by atoms with Gasteiger partial charge in [-0.2, -0.15) is 0 Å². The molecule has 1 saturated heterocycles. The van der Waals surface area contributed by atoms with Crippen LogP contribution in [0.25, 0.3) is 10.6 Å². The molecule has 2 amide bonds. The quantitative estimate of drug-likeness (QED) is 0.675. The van der Waals surface area contributed by atoms with Gasteiger partial charge in [-0.05, 0) is 19.1 Å². The van der Waals surface area contributed by atoms with Crippen molar-refractivity contribution in [3.05, 3.63) is 76.8 Å². The molecule has 7 heteroatoms. The van der Waals surface area contributed by atoms with Gasteiger partial charge in [0.2, 0.25) is 5.91 Å². The Morgan fingerprint density at radius 3 is 2.79 bits per heavy atom. The molecule has 2 aromatic carbocycles. The average Bonchev–Trinajstić information content (AvgIpc) is 3.42. The predicted octanol–water partition coefficient (Wildman–Crippen LogP) is 3.95. The number of amides is 2. The minimum atomic E-state index is -0.458. The van der Waals surface area contributed by atoms with Gasteiger partial charge in [0.15, 0.2) is 0 Å². The number of benzene rings is 2. The van der Waals surface area contributed by atoms with E-state index in [2.05, 4.69) is 10.3 Å². The van der Waals surface area contributed by atoms with Crippen LogP contribution in [0.3, 0.4) is 0 Å². The van der Waals surface area contributed by atoms with Crippen molar-refractivity contribution in [2.24, 2.45) is 0 Å². The van der Waals surface area contributed by atoms with Crippen LogP contribution in [0, 0.1) is 6.92 Å². The number of aromatic nitrogens is 1. The van der Waals surface area contributed by atoms with Gasteiger partial charge < -0.3 is 10.2 Å². The molecule has 1 aliphatic rings. The lowest BCUT2D eigenvalue weighted by molar-refractivity contribution is -0.124. The second kappa shape index (κ2) is 8.80. The number of thiazole rings is 1. The van der Waals surface area contributed by atoms with Crippen LogP contribution < -0.4 is 5.32 Å². The van der Waals surface area contributed by atoms with Gasteiger partial charge in [-0.3, -0.25) is 9.59 Å². The molecule has 4 rings (SSSR count). The molecule has 0 bridgehead atoms. The van der Waals surface area contributed by atoms with Gasteiger partial charge in [0.05, 0.1) is 18.1 Å². The van der Waals surface area contributed by atoms with Crippen LogP contribution in [-0.2, 0) is 11.3 Å². The Balaban J connectivity index is 1.39. The third-order valence-corrected chi connectivity index (χ3v) is 6.68. The number of nitrogens with one attached hydrogen (secondary N) is 1. The van der Waals surface area contributed by atoms with Crippen LogP contribution in [0.15, 0.2) is 60.0 Å². The van der Waals surface area contributed by atoms with Crippen LogP contribution in [0.1, 0.15) is 21.6 Å². The number of thioether (sulfide) groups is 1. The van der Waals surface area contributed by atoms with Crippen LogP contribution in [-0.4, -0.2) is 39.4 Å². The highest BCUT2D eigenvalue weighted by atomic mass is 32.2. The molecule has 29 heavy (non-hydrogen) atoms. The lowest BCUT2D eigenvalue weighted by Crippen LogP contribution is -2.47. The van der Waals surface area contributed by atoms with Crippen molar-refractivity contribution in [2.45, 2.75) is 19.5 Å². The molecule has 2 heterocycles. The van der Waals surface area contributed by atoms with Crippen molar-refractivity contribution in [3.8, 4) is 10.6 Å². The van der Waals surface area contributed by atoms with Gasteiger partial charge in [-0.15, -0.1) is 23.1 Å². The van der Waals surface area contributed by atoms with E-state index < -0.39 is 6.04 Å². The second-order valence-corrected chi connectivity index (χ2v) is 8.75. The van der Waals surface area contributed by atoms with Gasteiger partial charge >= 0.3 is 0 Å². The van der Waals surface area contributed by atoms with Crippen molar-refractivity contribution in [1.82, 2.24) is 15.2 Å². The maximum absolute atomic E-state index is 12.9. The molecule has 3 aromatic rings. The molecule has 5 nitrogen and oxygen atoms in total. The van der Waals surface area contributed by atoms with E-state index in [1.165, 1.54) is 0 Å². The second-order valence-electron chi connectivity index (χ2n) is 6.89. The highest BCUT2D eigenvalue weighted by Gasteiger charge is 2.35. The first kappa shape index (κ1) is 19.7. The van der Waals surface area contributed by atoms with Gasteiger partial charge in [-0.1, -0.05) is 48.0 Å². The standard InChI is InChI=1S/C22H21N3O2S2/c1-15-6-5-9-17(10-15)22(27)25-14-28-13-19(25)20(26)23-11-18-12-29-21(24-18)16-7-3-2-4-8-16/h2-10,12,19H,11,13-14H2,1H3,(H,23,26)/t19-/m1/s1. The van der Waals surface area contributed by atoms with Gasteiger partial charge in [-0.25, -0.2) is 4.98 Å². The normalized spacial score (nSPS) is 16.0. The van der Waals surface area contributed by atoms with Crippen LogP contribution >= 0.6 is 23.1 Å². The summed E-state index contributed by atoms with van der Waals surface area (Å²) in [5.74, 6) is 0.902. The molecule has 0 aliphatic carbocycles. The molecule has 0 unspecified atom stereocenters. The SMILES string of the molecule is Cc1cccc(C(=O)N2CSC[C@@H]2C(=O)NCc2csc(-c3ccccc3)n2)c1. The Kier molecular flexibility index (Phi) is 5.97. The summed E-state index contributed by atoms with van der Waals surface area (Å²) in [5, 5.41) is 5.84. The van der Waals surface area contributed by atoms with Crippen molar-refractivity contribution >= 4 is 34.9 Å². The molecule has 0 spiro atoms. The molecule has 1 aliphatic heterocycles. The topological polar surface area (TPSA) is 62.3 Å². The van der Waals surface area contributed by atoms with Crippen molar-refractivity contribution in [2.75, 3.05) is 11.6 Å². The van der Waals surface area contributed by atoms with E-state index in [-0.39, 0.29) is 11.8 Å². The maximum Gasteiger partial charge on any atom is 0.255 e. The fourth-order valence-electron chi connectivity index (χ4n) is 3.20. The number of aryl methyl sites for hydroxylation is 1. The minimum absolute atomic E-state index is 0.0983. The van der Waals surface area contributed by atoms with Gasteiger partial charge in [0.1, 0.15) is 11.0 Å². The first-order chi connectivity index (χ1) is 14.1. The number of carbonyl (C=O) groups is 2. The largest absolute Gasteiger partial charge is 0.349 e. The van der Waals surface area contributed by atoms with E-state index in [1.807, 2.05) is 60.8 Å². The fraction of sp³-hybridized carbons (Fsp3) is 0.227. The number of hydrogen-bond donors (Lipinski definition) is 1. The summed E-state index contributed by atoms with van der Waals surface area (Å²) in [6, 6.07) is 17.0. The summed E-state index contributed by atoms with van der Waals surface area (Å²) in [6.45, 7) is 2.31. The van der Waals surface area contributed by atoms with E-state index in [1.54, 1.807) is 34.1 Å². The lowest BCUT2D eigenvalue weighted by Gasteiger charge is -2.23. The summed E-state index contributed by atoms with van der Waals surface area (Å²) in [6.07, 6.45) is 0. The zero-order valence-electron chi connectivity index (χ0n) is 16.0. The fourth-order valence-corrected chi connectivity index (χ4v) is 5.18. The summed E-state index contributed by atoms with van der Waals surface area (Å²) in [7, 11) is 0. The Hall–Kier alpha value is -2.64. The Morgan fingerprint density at radius 1 is 1.17 bits per heavy atom. The third-order valence-electron chi connectivity index (χ3n) is 4.73. The Morgan fingerprint density at radius 2 is 2.00 bits per heavy atom. The van der Waals surface area contributed by atoms with Crippen LogP contribution in [0.2, 0.25) is 0 Å². The summed E-state index contributed by atoms with van der Waals surface area (Å²) < 4.78 is 0. The van der Waals surface area contributed by atoms with Crippen molar-refractivity contribution < 1.29 is 9.59 Å². The predicted molar refractivity (Wildman–Crippen MR) is 118 cm³/mol. The summed E-state index contributed by atoms with van der Waals surface area (Å²) in [4.78, 5) is 31.9. The van der Waals surface area contributed by atoms with E-state index in [9.17, 15) is 9.59 Å². The molecule has 1 aromatic heterocycles. The number of nitrogens with zero attached hydrogens (tertiary/aromatic N) is 2. The highest BCUT2D eigenvalue weighted by molar-refractivity contribution is 7.99. The monoisotopic (exact) mass is 423 g/mol. The average molecular weight is 424 g/mol. The van der Waals surface area contributed by atoms with E-state index in [4.69, 9.17) is 0 Å². The first-order valence-electron chi connectivity index (χ1n) is 9.35. The molecular formula is C22H21N3O2S2. The van der Waals surface area contributed by atoms with Gasteiger partial charge in [0, 0.05) is 22.3 Å². The van der Waals surface area contributed by atoms with E-state index in [0.717, 1.165) is 21.8 Å². The zero-order valence-corrected chi connectivity index (χ0v) is 17.6. The molecule has 0 radical (unpaired) electrons. The van der Waals surface area contributed by atoms with E-state index >= 15 is 0 Å². The van der Waals surface area contributed by atoms with Gasteiger partial charge in [0.25, 0.3) is 5.91 Å². The molecule has 148 valence electrons. The summed E-state index contributed by atoms with van der Waals surface area (Å²) >= 11 is 3.16. The maximum atomic E-state index is 12.9. The third kappa shape index (κ3) is 4.52. The molecule has 0 saturated carbocycles. The van der Waals surface area contributed by atoms with Crippen LogP contribution in [0.4, 0.5) is 0 Å². The number of hydrogen-bond acceptors (Lipinski definition) is 5. The smallest absolute Gasteiger partial charge is 0.255 e. The molecule has 1 atom stereocenters. The Labute approximate surface area is 178 Å². The van der Waals surface area contributed by atoms with Crippen molar-refractivity contribution in [1.29, 1.82) is 0 Å².